The van der Waals surface area contributed by atoms with Crippen molar-refractivity contribution in [3.63, 3.8) is 0 Å². The van der Waals surface area contributed by atoms with E-state index in [0.717, 1.165) is 0 Å². The second-order valence-corrected chi connectivity index (χ2v) is 3.93. The van der Waals surface area contributed by atoms with Gasteiger partial charge in [-0.3, -0.25) is 0 Å². The van der Waals surface area contributed by atoms with E-state index in [0.29, 0.717) is 5.41 Å². The molecule has 0 spiro atoms. The normalized spacial score (nSPS) is 22.1. The lowest BCUT2D eigenvalue weighted by atomic mass is 9.73. The third-order valence-electron chi connectivity index (χ3n) is 3.29. The lowest BCUT2D eigenvalue weighted by molar-refractivity contribution is 0.178. The fraction of sp³-hybridized carbons (Fsp3) is 0.818. The number of hydrogen-bond acceptors (Lipinski definition) is 1. The summed E-state index contributed by atoms with van der Waals surface area (Å²) in [5, 5.41) is 3.42. The van der Waals surface area contributed by atoms with E-state index in [-0.39, 0.29) is 0 Å². The van der Waals surface area contributed by atoms with Crippen LogP contribution in [0.2, 0.25) is 0 Å². The molecule has 0 aromatic carbocycles. The number of allylic oxidation sites excluding steroid dienone is 1. The van der Waals surface area contributed by atoms with Crippen molar-refractivity contribution in [1.29, 1.82) is 0 Å². The van der Waals surface area contributed by atoms with Crippen LogP contribution in [0.25, 0.3) is 0 Å². The van der Waals surface area contributed by atoms with E-state index in [4.69, 9.17) is 0 Å². The molecular formula is C11H21N. The molecule has 1 fully saturated rings. The molecule has 1 saturated heterocycles. The van der Waals surface area contributed by atoms with Crippen LogP contribution in [0.4, 0.5) is 0 Å². The Hall–Kier alpha value is -0.300. The number of rotatable bonds is 4. The molecule has 1 aliphatic rings. The summed E-state index contributed by atoms with van der Waals surface area (Å²) in [6.45, 7) is 8.55. The Bertz CT molecular complexity index is 134. The molecule has 0 saturated carbocycles. The van der Waals surface area contributed by atoms with Crippen molar-refractivity contribution < 1.29 is 0 Å². The highest BCUT2D eigenvalue weighted by atomic mass is 14.9. The molecule has 1 aliphatic heterocycles. The molecule has 0 bridgehead atoms. The maximum Gasteiger partial charge on any atom is -0.00436 e. The van der Waals surface area contributed by atoms with E-state index in [1.807, 2.05) is 0 Å². The highest BCUT2D eigenvalue weighted by Gasteiger charge is 2.28. The molecule has 0 aromatic rings. The summed E-state index contributed by atoms with van der Waals surface area (Å²) in [6.07, 6.45) is 8.64. The molecule has 1 nitrogen and oxygen atoms in total. The summed E-state index contributed by atoms with van der Waals surface area (Å²) in [6, 6.07) is 0. The molecule has 1 heterocycles. The van der Waals surface area contributed by atoms with Gasteiger partial charge in [0, 0.05) is 0 Å². The maximum absolute atomic E-state index is 3.79. The molecule has 0 radical (unpaired) electrons. The van der Waals surface area contributed by atoms with Crippen LogP contribution in [0.5, 0.6) is 0 Å². The molecule has 0 aromatic heterocycles. The number of hydrogen-bond donors (Lipinski definition) is 1. The van der Waals surface area contributed by atoms with Gasteiger partial charge in [-0.15, -0.1) is 6.58 Å². The Morgan fingerprint density at radius 1 is 1.42 bits per heavy atom. The van der Waals surface area contributed by atoms with Gasteiger partial charge in [0.15, 0.2) is 0 Å². The Kier molecular flexibility index (Phi) is 3.80. The first-order valence-corrected chi connectivity index (χ1v) is 5.14. The molecule has 0 aliphatic carbocycles. The van der Waals surface area contributed by atoms with Crippen molar-refractivity contribution in [3.8, 4) is 0 Å². The standard InChI is InChI=1S/C11H21N/c1-3-5-6-11(4-2)7-9-12-10-8-11/h3,12H,1,4-10H2,2H3. The van der Waals surface area contributed by atoms with Gasteiger partial charge in [-0.25, -0.2) is 0 Å². The first kappa shape index (κ1) is 9.79. The van der Waals surface area contributed by atoms with Gasteiger partial charge in [-0.05, 0) is 44.2 Å². The molecule has 0 unspecified atom stereocenters. The quantitative estimate of drug-likeness (QED) is 0.635. The molecule has 1 heteroatoms. The Morgan fingerprint density at radius 3 is 2.58 bits per heavy atom. The third kappa shape index (κ3) is 2.34. The number of nitrogens with one attached hydrogen (secondary N) is 1. The van der Waals surface area contributed by atoms with Gasteiger partial charge in [0.2, 0.25) is 0 Å². The summed E-state index contributed by atoms with van der Waals surface area (Å²) in [5.41, 5.74) is 0.638. The summed E-state index contributed by atoms with van der Waals surface area (Å²) in [5.74, 6) is 0. The minimum Gasteiger partial charge on any atom is -0.317 e. The van der Waals surface area contributed by atoms with Crippen LogP contribution in [0.3, 0.4) is 0 Å². The minimum atomic E-state index is 0.638. The van der Waals surface area contributed by atoms with Crippen LogP contribution in [0.1, 0.15) is 39.0 Å². The van der Waals surface area contributed by atoms with Crippen molar-refractivity contribution >= 4 is 0 Å². The monoisotopic (exact) mass is 167 g/mol. The van der Waals surface area contributed by atoms with Crippen LogP contribution < -0.4 is 5.32 Å². The lowest BCUT2D eigenvalue weighted by Gasteiger charge is -2.36. The average molecular weight is 167 g/mol. The fourth-order valence-corrected chi connectivity index (χ4v) is 2.15. The largest absolute Gasteiger partial charge is 0.317 e. The first-order valence-electron chi connectivity index (χ1n) is 5.14. The van der Waals surface area contributed by atoms with Crippen molar-refractivity contribution in [3.05, 3.63) is 12.7 Å². The van der Waals surface area contributed by atoms with Gasteiger partial charge in [-0.2, -0.15) is 0 Å². The van der Waals surface area contributed by atoms with E-state index in [9.17, 15) is 0 Å². The highest BCUT2D eigenvalue weighted by molar-refractivity contribution is 4.85. The Balaban J connectivity index is 2.41. The topological polar surface area (TPSA) is 12.0 Å². The van der Waals surface area contributed by atoms with Crippen molar-refractivity contribution in [2.24, 2.45) is 5.41 Å². The SMILES string of the molecule is C=CCCC1(CC)CCNCC1. The molecule has 1 rings (SSSR count). The van der Waals surface area contributed by atoms with E-state index in [1.165, 1.54) is 45.2 Å². The van der Waals surface area contributed by atoms with E-state index in [1.54, 1.807) is 0 Å². The van der Waals surface area contributed by atoms with Gasteiger partial charge in [0.25, 0.3) is 0 Å². The van der Waals surface area contributed by atoms with Gasteiger partial charge >= 0.3 is 0 Å². The van der Waals surface area contributed by atoms with Gasteiger partial charge in [0.1, 0.15) is 0 Å². The van der Waals surface area contributed by atoms with Gasteiger partial charge in [0.05, 0.1) is 0 Å². The van der Waals surface area contributed by atoms with Gasteiger partial charge < -0.3 is 5.32 Å². The zero-order valence-corrected chi connectivity index (χ0v) is 8.23. The van der Waals surface area contributed by atoms with Crippen LogP contribution in [0.15, 0.2) is 12.7 Å². The minimum absolute atomic E-state index is 0.638. The van der Waals surface area contributed by atoms with Gasteiger partial charge in [-0.1, -0.05) is 19.4 Å². The zero-order valence-electron chi connectivity index (χ0n) is 8.23. The summed E-state index contributed by atoms with van der Waals surface area (Å²) >= 11 is 0. The highest BCUT2D eigenvalue weighted by Crippen LogP contribution is 2.37. The second-order valence-electron chi connectivity index (χ2n) is 3.93. The molecule has 1 N–H and O–H groups in total. The predicted octanol–water partition coefficient (Wildman–Crippen LogP) is 2.73. The average Bonchev–Trinajstić information content (AvgIpc) is 2.16. The summed E-state index contributed by atoms with van der Waals surface area (Å²) < 4.78 is 0. The zero-order chi connectivity index (χ0) is 8.86. The van der Waals surface area contributed by atoms with Crippen molar-refractivity contribution in [2.75, 3.05) is 13.1 Å². The van der Waals surface area contributed by atoms with Crippen molar-refractivity contribution in [2.45, 2.75) is 39.0 Å². The van der Waals surface area contributed by atoms with Crippen LogP contribution >= 0.6 is 0 Å². The Morgan fingerprint density at radius 2 is 2.08 bits per heavy atom. The summed E-state index contributed by atoms with van der Waals surface area (Å²) in [7, 11) is 0. The molecular weight excluding hydrogens is 146 g/mol. The molecule has 70 valence electrons. The van der Waals surface area contributed by atoms with E-state index < -0.39 is 0 Å². The molecule has 0 amide bonds. The van der Waals surface area contributed by atoms with Crippen LogP contribution in [-0.4, -0.2) is 13.1 Å². The summed E-state index contributed by atoms with van der Waals surface area (Å²) in [4.78, 5) is 0. The maximum atomic E-state index is 3.79. The van der Waals surface area contributed by atoms with Crippen LogP contribution in [-0.2, 0) is 0 Å². The lowest BCUT2D eigenvalue weighted by Crippen LogP contribution is -2.36. The second kappa shape index (κ2) is 4.66. The predicted molar refractivity (Wildman–Crippen MR) is 54.3 cm³/mol. The fourth-order valence-electron chi connectivity index (χ4n) is 2.15. The van der Waals surface area contributed by atoms with E-state index in [2.05, 4.69) is 24.9 Å². The first-order chi connectivity index (χ1) is 5.83. The molecule has 0 atom stereocenters. The van der Waals surface area contributed by atoms with Crippen LogP contribution in [0, 0.1) is 5.41 Å². The molecule has 12 heavy (non-hydrogen) atoms. The third-order valence-corrected chi connectivity index (χ3v) is 3.29. The number of piperidine rings is 1. The Labute approximate surface area is 76.2 Å². The van der Waals surface area contributed by atoms with E-state index >= 15 is 0 Å². The smallest absolute Gasteiger partial charge is 0.00436 e. The van der Waals surface area contributed by atoms with Crippen molar-refractivity contribution in [1.82, 2.24) is 5.32 Å².